The van der Waals surface area contributed by atoms with Gasteiger partial charge in [-0.25, -0.2) is 13.2 Å². The third-order valence-corrected chi connectivity index (χ3v) is 4.47. The first-order valence-electron chi connectivity index (χ1n) is 7.52. The van der Waals surface area contributed by atoms with Crippen molar-refractivity contribution in [2.24, 2.45) is 11.8 Å². The zero-order chi connectivity index (χ0) is 16.7. The number of carbonyl (C=O) groups excluding carboxylic acids is 2. The number of amides is 1. The number of carbonyl (C=O) groups is 2. The summed E-state index contributed by atoms with van der Waals surface area (Å²) in [6.07, 6.45) is 0.742. The summed E-state index contributed by atoms with van der Waals surface area (Å²) in [5.74, 6) is -4.82. The molecule has 3 atom stereocenters. The largest absolute Gasteiger partial charge is 0.466 e. The zero-order valence-electron chi connectivity index (χ0n) is 12.5. The second-order valence-corrected chi connectivity index (χ2v) is 5.88. The molecule has 0 N–H and O–H groups in total. The molecule has 0 aromatic heterocycles. The summed E-state index contributed by atoms with van der Waals surface area (Å²) in [7, 11) is 0. The van der Waals surface area contributed by atoms with Crippen LogP contribution in [0.15, 0.2) is 12.1 Å². The topological polar surface area (TPSA) is 46.6 Å². The van der Waals surface area contributed by atoms with Crippen LogP contribution in [0.5, 0.6) is 0 Å². The van der Waals surface area contributed by atoms with Crippen molar-refractivity contribution < 1.29 is 27.5 Å². The van der Waals surface area contributed by atoms with E-state index in [0.717, 1.165) is 12.1 Å². The smallest absolute Gasteiger partial charge is 0.307 e. The monoisotopic (exact) mass is 327 g/mol. The maximum Gasteiger partial charge on any atom is 0.307 e. The molecule has 7 heteroatoms. The fourth-order valence-corrected chi connectivity index (χ4v) is 3.25. The number of piperidine rings is 1. The maximum atomic E-state index is 13.8. The molecule has 2 aliphatic rings. The predicted octanol–water partition coefficient (Wildman–Crippen LogP) is 2.40. The second-order valence-electron chi connectivity index (χ2n) is 5.88. The van der Waals surface area contributed by atoms with Gasteiger partial charge in [0.15, 0.2) is 17.5 Å². The molecule has 124 valence electrons. The van der Waals surface area contributed by atoms with E-state index >= 15 is 0 Å². The van der Waals surface area contributed by atoms with E-state index in [0.29, 0.717) is 6.42 Å². The SMILES string of the molecule is CCOC(=O)CC1C2CC2C(=O)N1Cc1ccc(F)c(F)c1F. The maximum absolute atomic E-state index is 13.8. The van der Waals surface area contributed by atoms with Gasteiger partial charge in [-0.05, 0) is 25.3 Å². The summed E-state index contributed by atoms with van der Waals surface area (Å²) in [5, 5.41) is 0. The lowest BCUT2D eigenvalue weighted by Gasteiger charge is -2.27. The van der Waals surface area contributed by atoms with Crippen LogP contribution in [0.2, 0.25) is 0 Å². The molecule has 1 saturated carbocycles. The Balaban J connectivity index is 1.79. The van der Waals surface area contributed by atoms with Gasteiger partial charge in [-0.15, -0.1) is 0 Å². The molecule has 2 fully saturated rings. The van der Waals surface area contributed by atoms with Crippen molar-refractivity contribution in [1.29, 1.82) is 0 Å². The van der Waals surface area contributed by atoms with Crippen molar-refractivity contribution in [3.63, 3.8) is 0 Å². The highest BCUT2D eigenvalue weighted by molar-refractivity contribution is 5.86. The molecule has 1 amide bonds. The first kappa shape index (κ1) is 15.8. The number of rotatable bonds is 5. The summed E-state index contributed by atoms with van der Waals surface area (Å²) in [5.41, 5.74) is -0.104. The molecule has 4 nitrogen and oxygen atoms in total. The Bertz CT molecular complexity index is 664. The van der Waals surface area contributed by atoms with Crippen molar-refractivity contribution in [3.8, 4) is 0 Å². The number of fused-ring (bicyclic) bond motifs is 1. The summed E-state index contributed by atoms with van der Waals surface area (Å²) in [4.78, 5) is 25.3. The third kappa shape index (κ3) is 2.80. The summed E-state index contributed by atoms with van der Waals surface area (Å²) in [6, 6.07) is 1.57. The molecule has 3 rings (SSSR count). The Morgan fingerprint density at radius 2 is 2.04 bits per heavy atom. The van der Waals surface area contributed by atoms with Crippen LogP contribution in [-0.4, -0.2) is 29.4 Å². The summed E-state index contributed by atoms with van der Waals surface area (Å²) < 4.78 is 45.0. The van der Waals surface area contributed by atoms with Gasteiger partial charge in [-0.1, -0.05) is 6.07 Å². The fraction of sp³-hybridized carbons (Fsp3) is 0.500. The Kier molecular flexibility index (Phi) is 4.04. The van der Waals surface area contributed by atoms with Crippen molar-refractivity contribution in [1.82, 2.24) is 4.90 Å². The van der Waals surface area contributed by atoms with E-state index in [1.807, 2.05) is 0 Å². The Labute approximate surface area is 131 Å². The highest BCUT2D eigenvalue weighted by atomic mass is 19.2. The molecule has 1 heterocycles. The fourth-order valence-electron chi connectivity index (χ4n) is 3.25. The van der Waals surface area contributed by atoms with E-state index in [2.05, 4.69) is 0 Å². The lowest BCUT2D eigenvalue weighted by atomic mass is 10.1. The molecule has 3 unspecified atom stereocenters. The molecule has 1 aliphatic carbocycles. The van der Waals surface area contributed by atoms with Gasteiger partial charge >= 0.3 is 5.97 Å². The molecular formula is C16H16F3NO3. The van der Waals surface area contributed by atoms with E-state index in [1.54, 1.807) is 6.92 Å². The molecule has 23 heavy (non-hydrogen) atoms. The van der Waals surface area contributed by atoms with Crippen molar-refractivity contribution in [2.75, 3.05) is 6.61 Å². The minimum atomic E-state index is -1.55. The van der Waals surface area contributed by atoms with Crippen molar-refractivity contribution in [3.05, 3.63) is 35.1 Å². The van der Waals surface area contributed by atoms with Gasteiger partial charge in [-0.3, -0.25) is 9.59 Å². The van der Waals surface area contributed by atoms with E-state index in [4.69, 9.17) is 4.74 Å². The minimum Gasteiger partial charge on any atom is -0.466 e. The van der Waals surface area contributed by atoms with Gasteiger partial charge in [0.2, 0.25) is 5.91 Å². The standard InChI is InChI=1S/C16H16F3NO3/c1-2-23-13(21)6-12-9-5-10(9)16(22)20(12)7-8-3-4-11(17)15(19)14(8)18/h3-4,9-10,12H,2,5-7H2,1H3. The van der Waals surface area contributed by atoms with Crippen molar-refractivity contribution in [2.45, 2.75) is 32.4 Å². The van der Waals surface area contributed by atoms with Gasteiger partial charge in [0.1, 0.15) is 0 Å². The highest BCUT2D eigenvalue weighted by Gasteiger charge is 2.58. The van der Waals surface area contributed by atoms with Gasteiger partial charge in [0.05, 0.1) is 13.0 Å². The normalized spacial score (nSPS) is 25.5. The van der Waals surface area contributed by atoms with Crippen LogP contribution in [0.25, 0.3) is 0 Å². The second kappa shape index (κ2) is 5.86. The molecule has 0 bridgehead atoms. The lowest BCUT2D eigenvalue weighted by Crippen LogP contribution is -2.38. The van der Waals surface area contributed by atoms with Gasteiger partial charge in [0, 0.05) is 24.1 Å². The summed E-state index contributed by atoms with van der Waals surface area (Å²) in [6.45, 7) is 1.75. The van der Waals surface area contributed by atoms with Crippen LogP contribution in [0, 0.1) is 29.3 Å². The van der Waals surface area contributed by atoms with Crippen LogP contribution in [0.3, 0.4) is 0 Å². The first-order chi connectivity index (χ1) is 10.9. The Morgan fingerprint density at radius 3 is 2.74 bits per heavy atom. The Morgan fingerprint density at radius 1 is 1.30 bits per heavy atom. The van der Waals surface area contributed by atoms with Crippen LogP contribution in [-0.2, 0) is 20.9 Å². The number of hydrogen-bond donors (Lipinski definition) is 0. The van der Waals surface area contributed by atoms with Gasteiger partial charge in [-0.2, -0.15) is 0 Å². The van der Waals surface area contributed by atoms with E-state index < -0.39 is 23.4 Å². The number of benzene rings is 1. The molecule has 1 saturated heterocycles. The number of hydrogen-bond acceptors (Lipinski definition) is 3. The van der Waals surface area contributed by atoms with Gasteiger partial charge in [0.25, 0.3) is 0 Å². The first-order valence-corrected chi connectivity index (χ1v) is 7.52. The van der Waals surface area contributed by atoms with Crippen molar-refractivity contribution >= 4 is 11.9 Å². The number of likely N-dealkylation sites (tertiary alicyclic amines) is 1. The van der Waals surface area contributed by atoms with Gasteiger partial charge < -0.3 is 9.64 Å². The third-order valence-electron chi connectivity index (χ3n) is 4.47. The van der Waals surface area contributed by atoms with Crippen LogP contribution >= 0.6 is 0 Å². The number of nitrogens with zero attached hydrogens (tertiary/aromatic N) is 1. The predicted molar refractivity (Wildman–Crippen MR) is 73.5 cm³/mol. The number of halogens is 3. The molecule has 1 aliphatic heterocycles. The molecule has 0 spiro atoms. The molecule has 1 aromatic carbocycles. The molecule has 1 aromatic rings. The minimum absolute atomic E-state index is 0.0338. The highest BCUT2D eigenvalue weighted by Crippen LogP contribution is 2.52. The average molecular weight is 327 g/mol. The number of ether oxygens (including phenoxy) is 1. The van der Waals surface area contributed by atoms with Crippen LogP contribution in [0.1, 0.15) is 25.3 Å². The quantitative estimate of drug-likeness (QED) is 0.616. The lowest BCUT2D eigenvalue weighted by molar-refractivity contribution is -0.145. The number of esters is 1. The van der Waals surface area contributed by atoms with E-state index in [1.165, 1.54) is 4.90 Å². The summed E-state index contributed by atoms with van der Waals surface area (Å²) >= 11 is 0. The van der Waals surface area contributed by atoms with E-state index in [-0.39, 0.29) is 48.9 Å². The zero-order valence-corrected chi connectivity index (χ0v) is 12.5. The van der Waals surface area contributed by atoms with Crippen LogP contribution in [0.4, 0.5) is 13.2 Å². The average Bonchev–Trinajstić information content (AvgIpc) is 3.26. The van der Waals surface area contributed by atoms with E-state index in [9.17, 15) is 22.8 Å². The molecular weight excluding hydrogens is 311 g/mol. The Hall–Kier alpha value is -2.05. The molecule has 0 radical (unpaired) electrons. The van der Waals surface area contributed by atoms with Crippen LogP contribution < -0.4 is 0 Å².